The van der Waals surface area contributed by atoms with E-state index in [1.807, 2.05) is 48.5 Å². The highest BCUT2D eigenvalue weighted by Crippen LogP contribution is 2.33. The first-order valence-electron chi connectivity index (χ1n) is 11.8. The van der Waals surface area contributed by atoms with Gasteiger partial charge in [-0.15, -0.1) is 0 Å². The molecular formula is C28H31N3O3. The molecule has 0 heterocycles. The Kier molecular flexibility index (Phi) is 7.38. The SMILES string of the molecule is CN[C@@H](C)C(=O)NC1=CC=C(c2ccccc2)C(CC(=O)NC2CCCc3ccccc32)C1=O. The largest absolute Gasteiger partial charge is 0.349 e. The number of hydrogen-bond acceptors (Lipinski definition) is 4. The van der Waals surface area contributed by atoms with E-state index >= 15 is 0 Å². The maximum atomic E-state index is 13.5. The third-order valence-corrected chi connectivity index (χ3v) is 6.67. The number of nitrogens with one attached hydrogen (secondary N) is 3. The highest BCUT2D eigenvalue weighted by molar-refractivity contribution is 6.10. The predicted octanol–water partition coefficient (Wildman–Crippen LogP) is 3.46. The van der Waals surface area contributed by atoms with Crippen molar-refractivity contribution < 1.29 is 14.4 Å². The Labute approximate surface area is 200 Å². The molecule has 2 unspecified atom stereocenters. The standard InChI is InChI=1S/C28H31N3O3/c1-18(29-2)28(34)31-25-16-15-21(19-9-4-3-5-10-19)23(27(25)33)17-26(32)30-24-14-8-12-20-11-6-7-13-22(20)24/h3-7,9-11,13,15-16,18,23-24,29H,8,12,14,17H2,1-2H3,(H,30,32)(H,31,34)/t18-,23?,24?/m0/s1. The number of allylic oxidation sites excluding steroid dienone is 4. The molecular weight excluding hydrogens is 426 g/mol. The van der Waals surface area contributed by atoms with Crippen molar-refractivity contribution in [2.75, 3.05) is 7.05 Å². The summed E-state index contributed by atoms with van der Waals surface area (Å²) in [6, 6.07) is 17.3. The summed E-state index contributed by atoms with van der Waals surface area (Å²) in [7, 11) is 1.69. The molecule has 2 aliphatic rings. The number of carbonyl (C=O) groups excluding carboxylic acids is 3. The van der Waals surface area contributed by atoms with Gasteiger partial charge in [0.2, 0.25) is 11.8 Å². The van der Waals surface area contributed by atoms with E-state index in [0.717, 1.165) is 36.0 Å². The fourth-order valence-corrected chi connectivity index (χ4v) is 4.65. The van der Waals surface area contributed by atoms with E-state index in [-0.39, 0.29) is 35.8 Å². The molecule has 0 bridgehead atoms. The Hall–Kier alpha value is -3.51. The molecule has 0 saturated heterocycles. The lowest BCUT2D eigenvalue weighted by Crippen LogP contribution is -2.43. The van der Waals surface area contributed by atoms with Gasteiger partial charge in [0, 0.05) is 6.42 Å². The third-order valence-electron chi connectivity index (χ3n) is 6.67. The number of fused-ring (bicyclic) bond motifs is 1. The molecule has 176 valence electrons. The summed E-state index contributed by atoms with van der Waals surface area (Å²) in [6.07, 6.45) is 6.41. The van der Waals surface area contributed by atoms with Gasteiger partial charge >= 0.3 is 0 Å². The van der Waals surface area contributed by atoms with E-state index < -0.39 is 12.0 Å². The van der Waals surface area contributed by atoms with Crippen molar-refractivity contribution in [3.05, 3.63) is 89.1 Å². The van der Waals surface area contributed by atoms with Crippen LogP contribution in [0.4, 0.5) is 0 Å². The van der Waals surface area contributed by atoms with Crippen molar-refractivity contribution in [3.63, 3.8) is 0 Å². The van der Waals surface area contributed by atoms with Crippen LogP contribution in [0.15, 0.2) is 72.4 Å². The summed E-state index contributed by atoms with van der Waals surface area (Å²) in [5, 5.41) is 8.76. The van der Waals surface area contributed by atoms with Crippen molar-refractivity contribution >= 4 is 23.2 Å². The van der Waals surface area contributed by atoms with Crippen molar-refractivity contribution in [2.45, 2.75) is 44.7 Å². The van der Waals surface area contributed by atoms with Crippen LogP contribution in [0.1, 0.15) is 48.9 Å². The maximum absolute atomic E-state index is 13.5. The van der Waals surface area contributed by atoms with Gasteiger partial charge in [0.1, 0.15) is 0 Å². The average Bonchev–Trinajstić information content (AvgIpc) is 2.86. The second-order valence-electron chi connectivity index (χ2n) is 8.90. The van der Waals surface area contributed by atoms with E-state index in [4.69, 9.17) is 0 Å². The van der Waals surface area contributed by atoms with Gasteiger partial charge in [-0.05, 0) is 61.6 Å². The zero-order chi connectivity index (χ0) is 24.1. The second kappa shape index (κ2) is 10.6. The van der Waals surface area contributed by atoms with Crippen molar-refractivity contribution in [2.24, 2.45) is 5.92 Å². The number of benzene rings is 2. The van der Waals surface area contributed by atoms with Gasteiger partial charge in [0.05, 0.1) is 23.7 Å². The molecule has 0 fully saturated rings. The van der Waals surface area contributed by atoms with Crippen LogP contribution in [-0.4, -0.2) is 30.7 Å². The number of aryl methyl sites for hydroxylation is 1. The van der Waals surface area contributed by atoms with Gasteiger partial charge in [-0.25, -0.2) is 0 Å². The fraction of sp³-hybridized carbons (Fsp3) is 0.321. The van der Waals surface area contributed by atoms with Crippen molar-refractivity contribution in [1.82, 2.24) is 16.0 Å². The number of hydrogen-bond donors (Lipinski definition) is 3. The molecule has 3 atom stereocenters. The van der Waals surface area contributed by atoms with Gasteiger partial charge in [0.25, 0.3) is 0 Å². The molecule has 2 aliphatic carbocycles. The number of rotatable bonds is 7. The topological polar surface area (TPSA) is 87.3 Å². The zero-order valence-corrected chi connectivity index (χ0v) is 19.6. The van der Waals surface area contributed by atoms with Crippen molar-refractivity contribution in [3.8, 4) is 0 Å². The molecule has 2 amide bonds. The molecule has 0 saturated carbocycles. The van der Waals surface area contributed by atoms with Crippen LogP contribution in [0.5, 0.6) is 0 Å². The fourth-order valence-electron chi connectivity index (χ4n) is 4.65. The van der Waals surface area contributed by atoms with Crippen LogP contribution in [0, 0.1) is 5.92 Å². The molecule has 2 aromatic carbocycles. The monoisotopic (exact) mass is 457 g/mol. The van der Waals surface area contributed by atoms with E-state index in [0.29, 0.717) is 0 Å². The summed E-state index contributed by atoms with van der Waals surface area (Å²) in [6.45, 7) is 1.72. The summed E-state index contributed by atoms with van der Waals surface area (Å²) >= 11 is 0. The predicted molar refractivity (Wildman–Crippen MR) is 133 cm³/mol. The Morgan fingerprint density at radius 1 is 1.03 bits per heavy atom. The molecule has 0 aliphatic heterocycles. The summed E-state index contributed by atoms with van der Waals surface area (Å²) < 4.78 is 0. The molecule has 4 rings (SSSR count). The summed E-state index contributed by atoms with van der Waals surface area (Å²) in [5.41, 5.74) is 4.31. The molecule has 6 heteroatoms. The van der Waals surface area contributed by atoms with Gasteiger partial charge in [-0.2, -0.15) is 0 Å². The number of likely N-dealkylation sites (N-methyl/N-ethyl adjacent to an activating group) is 1. The quantitative estimate of drug-likeness (QED) is 0.594. The lowest BCUT2D eigenvalue weighted by molar-refractivity contribution is -0.127. The van der Waals surface area contributed by atoms with Gasteiger partial charge < -0.3 is 16.0 Å². The Balaban J connectivity index is 1.55. The van der Waals surface area contributed by atoms with Crippen LogP contribution in [-0.2, 0) is 20.8 Å². The molecule has 0 spiro atoms. The molecule has 0 aromatic heterocycles. The molecule has 0 radical (unpaired) electrons. The first-order valence-corrected chi connectivity index (χ1v) is 11.8. The lowest BCUT2D eigenvalue weighted by Gasteiger charge is -2.28. The average molecular weight is 458 g/mol. The zero-order valence-electron chi connectivity index (χ0n) is 19.6. The number of Topliss-reactive ketones (excluding diaryl/α,β-unsaturated/α-hetero) is 1. The molecule has 2 aromatic rings. The Bertz CT molecular complexity index is 1140. The number of carbonyl (C=O) groups is 3. The van der Waals surface area contributed by atoms with E-state index in [1.165, 1.54) is 5.56 Å². The summed E-state index contributed by atoms with van der Waals surface area (Å²) in [5.74, 6) is -1.39. The van der Waals surface area contributed by atoms with Gasteiger partial charge in [0.15, 0.2) is 5.78 Å². The first kappa shape index (κ1) is 23.6. The highest BCUT2D eigenvalue weighted by Gasteiger charge is 2.33. The van der Waals surface area contributed by atoms with Crippen LogP contribution >= 0.6 is 0 Å². The highest BCUT2D eigenvalue weighted by atomic mass is 16.2. The third kappa shape index (κ3) is 5.18. The maximum Gasteiger partial charge on any atom is 0.241 e. The van der Waals surface area contributed by atoms with Crippen molar-refractivity contribution in [1.29, 1.82) is 0 Å². The smallest absolute Gasteiger partial charge is 0.241 e. The van der Waals surface area contributed by atoms with Gasteiger partial charge in [-0.3, -0.25) is 14.4 Å². The van der Waals surface area contributed by atoms with Crippen LogP contribution in [0.2, 0.25) is 0 Å². The van der Waals surface area contributed by atoms with E-state index in [9.17, 15) is 14.4 Å². The minimum Gasteiger partial charge on any atom is -0.349 e. The van der Waals surface area contributed by atoms with Crippen LogP contribution in [0.3, 0.4) is 0 Å². The second-order valence-corrected chi connectivity index (χ2v) is 8.90. The van der Waals surface area contributed by atoms with Crippen LogP contribution < -0.4 is 16.0 Å². The molecule has 34 heavy (non-hydrogen) atoms. The van der Waals surface area contributed by atoms with E-state index in [2.05, 4.69) is 28.1 Å². The van der Waals surface area contributed by atoms with Gasteiger partial charge in [-0.1, -0.05) is 60.7 Å². The normalized spacial score (nSPS) is 20.5. The Morgan fingerprint density at radius 2 is 1.76 bits per heavy atom. The molecule has 3 N–H and O–H groups in total. The first-order chi connectivity index (χ1) is 16.5. The van der Waals surface area contributed by atoms with Crippen LogP contribution in [0.25, 0.3) is 5.57 Å². The number of amides is 2. The lowest BCUT2D eigenvalue weighted by atomic mass is 9.81. The Morgan fingerprint density at radius 3 is 2.53 bits per heavy atom. The minimum absolute atomic E-state index is 0.0209. The summed E-state index contributed by atoms with van der Waals surface area (Å²) in [4.78, 5) is 39.0. The molecule has 6 nitrogen and oxygen atoms in total. The number of ketones is 1. The van der Waals surface area contributed by atoms with E-state index in [1.54, 1.807) is 20.0 Å². The minimum atomic E-state index is -0.675.